The van der Waals surface area contributed by atoms with Gasteiger partial charge < -0.3 is 19.3 Å². The lowest BCUT2D eigenvalue weighted by Gasteiger charge is -2.72. The second-order valence-corrected chi connectivity index (χ2v) is 13.1. The lowest BCUT2D eigenvalue weighted by Crippen LogP contribution is -2.80. The summed E-state index contributed by atoms with van der Waals surface area (Å²) in [6, 6.07) is 4.82. The van der Waals surface area contributed by atoms with Gasteiger partial charge in [0.2, 0.25) is 0 Å². The van der Waals surface area contributed by atoms with E-state index in [1.165, 1.54) is 30.5 Å². The van der Waals surface area contributed by atoms with E-state index in [0.29, 0.717) is 6.04 Å². The summed E-state index contributed by atoms with van der Waals surface area (Å²) < 4.78 is 19.3. The predicted molar refractivity (Wildman–Crippen MR) is 130 cm³/mol. The third-order valence-electron chi connectivity index (χ3n) is 10.6. The van der Waals surface area contributed by atoms with E-state index >= 15 is 0 Å². The Labute approximate surface area is 203 Å². The van der Waals surface area contributed by atoms with Crippen LogP contribution in [0.25, 0.3) is 0 Å². The van der Waals surface area contributed by atoms with Crippen molar-refractivity contribution in [2.24, 2.45) is 22.7 Å². The van der Waals surface area contributed by atoms with Crippen LogP contribution >= 0.6 is 0 Å². The van der Waals surface area contributed by atoms with Crippen LogP contribution in [0.1, 0.15) is 57.6 Å². The highest BCUT2D eigenvalue weighted by Gasteiger charge is 2.80. The van der Waals surface area contributed by atoms with E-state index in [4.69, 9.17) is 14.2 Å². The van der Waals surface area contributed by atoms with Crippen molar-refractivity contribution in [2.75, 3.05) is 27.3 Å². The number of rotatable bonds is 5. The molecule has 5 heteroatoms. The largest absolute Gasteiger partial charge is 0.493 e. The zero-order chi connectivity index (χ0) is 23.7. The number of fused-ring (bicyclic) bond motifs is 1. The van der Waals surface area contributed by atoms with E-state index in [1.54, 1.807) is 7.11 Å². The van der Waals surface area contributed by atoms with E-state index in [-0.39, 0.29) is 28.3 Å². The van der Waals surface area contributed by atoms with Crippen LogP contribution in [0.15, 0.2) is 24.3 Å². The summed E-state index contributed by atoms with van der Waals surface area (Å²) in [4.78, 5) is 2.81. The molecule has 0 amide bonds. The molecular weight excluding hydrogens is 426 g/mol. The third-order valence-corrected chi connectivity index (χ3v) is 10.6. The van der Waals surface area contributed by atoms with E-state index in [2.05, 4.69) is 50.0 Å². The van der Waals surface area contributed by atoms with E-state index in [1.807, 2.05) is 7.11 Å². The van der Waals surface area contributed by atoms with Crippen LogP contribution in [0.3, 0.4) is 0 Å². The van der Waals surface area contributed by atoms with Crippen LogP contribution in [0.4, 0.5) is 0 Å². The van der Waals surface area contributed by atoms with E-state index < -0.39 is 11.7 Å². The molecule has 0 radical (unpaired) electrons. The predicted octanol–water partition coefficient (Wildman–Crippen LogP) is 4.10. The van der Waals surface area contributed by atoms with Gasteiger partial charge in [0.05, 0.1) is 18.6 Å². The molecule has 1 aromatic rings. The molecule has 34 heavy (non-hydrogen) atoms. The molecule has 0 unspecified atom stereocenters. The maximum Gasteiger partial charge on any atom is 0.166 e. The van der Waals surface area contributed by atoms with Crippen LogP contribution in [0, 0.1) is 22.7 Å². The first-order chi connectivity index (χ1) is 16.2. The molecule has 184 valence electrons. The number of benzene rings is 1. The quantitative estimate of drug-likeness (QED) is 0.664. The van der Waals surface area contributed by atoms with Crippen molar-refractivity contribution in [2.45, 2.75) is 82.1 Å². The summed E-state index contributed by atoms with van der Waals surface area (Å²) in [7, 11) is 3.56. The minimum absolute atomic E-state index is 0.0224. The molecule has 7 atom stereocenters. The summed E-state index contributed by atoms with van der Waals surface area (Å²) in [6.45, 7) is 8.76. The van der Waals surface area contributed by atoms with Gasteiger partial charge >= 0.3 is 0 Å². The summed E-state index contributed by atoms with van der Waals surface area (Å²) in [5.74, 6) is 2.60. The van der Waals surface area contributed by atoms with Gasteiger partial charge in [-0.1, -0.05) is 39.0 Å². The van der Waals surface area contributed by atoms with Gasteiger partial charge in [-0.25, -0.2) is 0 Å². The Morgan fingerprint density at radius 2 is 2.00 bits per heavy atom. The number of hydrogen-bond donors (Lipinski definition) is 1. The zero-order valence-corrected chi connectivity index (χ0v) is 21.3. The molecule has 2 aliphatic heterocycles. The van der Waals surface area contributed by atoms with Gasteiger partial charge in [0.1, 0.15) is 11.7 Å². The molecule has 4 bridgehead atoms. The van der Waals surface area contributed by atoms with Crippen molar-refractivity contribution in [1.29, 1.82) is 0 Å². The first-order valence-electron chi connectivity index (χ1n) is 13.3. The van der Waals surface area contributed by atoms with Crippen molar-refractivity contribution in [3.63, 3.8) is 0 Å². The molecule has 1 N–H and O–H groups in total. The molecule has 5 nitrogen and oxygen atoms in total. The minimum Gasteiger partial charge on any atom is -0.493 e. The Morgan fingerprint density at radius 1 is 1.21 bits per heavy atom. The number of hydrogen-bond acceptors (Lipinski definition) is 5. The second-order valence-electron chi connectivity index (χ2n) is 13.1. The lowest BCUT2D eigenvalue weighted by molar-refractivity contribution is -0.240. The average molecular weight is 466 g/mol. The Kier molecular flexibility index (Phi) is 4.21. The highest BCUT2D eigenvalue weighted by molar-refractivity contribution is 5.65. The molecule has 5 aliphatic carbocycles. The summed E-state index contributed by atoms with van der Waals surface area (Å²) in [5, 5.41) is 11.8. The number of aliphatic hydroxyl groups excluding tert-OH is 1. The van der Waals surface area contributed by atoms with Gasteiger partial charge in [-0.05, 0) is 61.6 Å². The average Bonchev–Trinajstić information content (AvgIpc) is 3.56. The first kappa shape index (κ1) is 21.7. The molecule has 3 fully saturated rings. The molecule has 2 spiro atoms. The normalized spacial score (nSPS) is 42.4. The van der Waals surface area contributed by atoms with Crippen molar-refractivity contribution < 1.29 is 19.3 Å². The smallest absolute Gasteiger partial charge is 0.166 e. The Morgan fingerprint density at radius 3 is 2.68 bits per heavy atom. The Balaban J connectivity index is 1.48. The van der Waals surface area contributed by atoms with Gasteiger partial charge in [-0.2, -0.15) is 0 Å². The number of aliphatic hydroxyl groups is 1. The minimum atomic E-state index is -0.656. The fourth-order valence-corrected chi connectivity index (χ4v) is 8.94. The molecule has 1 saturated heterocycles. The van der Waals surface area contributed by atoms with E-state index in [0.717, 1.165) is 43.2 Å². The highest BCUT2D eigenvalue weighted by Crippen LogP contribution is 2.75. The Bertz CT molecular complexity index is 1070. The number of nitrogens with zero attached hydrogens (tertiary/aromatic N) is 1. The van der Waals surface area contributed by atoms with Gasteiger partial charge in [0.15, 0.2) is 11.5 Å². The second kappa shape index (κ2) is 6.60. The maximum atomic E-state index is 11.8. The SMILES string of the molecule is COc1ccc2c3c1O[C@H]1[C@@]4(OC)C=C[C@@]5(C[C@@H]4[C@H](O)C(C)(C)C)[C@@H](C2)N(CC2CC2)CC[C@]315. The van der Waals surface area contributed by atoms with Crippen molar-refractivity contribution in [3.05, 3.63) is 35.4 Å². The molecule has 0 aromatic heterocycles. The van der Waals surface area contributed by atoms with Gasteiger partial charge in [-0.15, -0.1) is 0 Å². The van der Waals surface area contributed by atoms with Crippen molar-refractivity contribution in [1.82, 2.24) is 4.90 Å². The highest BCUT2D eigenvalue weighted by atomic mass is 16.6. The van der Waals surface area contributed by atoms with Crippen molar-refractivity contribution in [3.8, 4) is 11.5 Å². The van der Waals surface area contributed by atoms with Crippen LogP contribution < -0.4 is 9.47 Å². The summed E-state index contributed by atoms with van der Waals surface area (Å²) >= 11 is 0. The van der Waals surface area contributed by atoms with Crippen LogP contribution in [-0.4, -0.2) is 61.2 Å². The van der Waals surface area contributed by atoms with Gasteiger partial charge in [0.25, 0.3) is 0 Å². The maximum absolute atomic E-state index is 11.8. The van der Waals surface area contributed by atoms with Gasteiger partial charge in [-0.3, -0.25) is 4.90 Å². The summed E-state index contributed by atoms with van der Waals surface area (Å²) in [5.41, 5.74) is 1.72. The van der Waals surface area contributed by atoms with Crippen molar-refractivity contribution >= 4 is 0 Å². The Hall–Kier alpha value is -1.56. The first-order valence-corrected chi connectivity index (χ1v) is 13.3. The van der Waals surface area contributed by atoms with Gasteiger partial charge in [0, 0.05) is 36.6 Å². The molecule has 2 saturated carbocycles. The fourth-order valence-electron chi connectivity index (χ4n) is 8.94. The molecule has 8 rings (SSSR count). The standard InChI is InChI=1S/C29H39NO4/c1-26(2,3)24(31)19-15-27-10-11-29(19,33-5)25-28(27)12-13-30(16-17-6-7-17)21(27)14-18-8-9-20(32-4)23(34-25)22(18)28/h8-11,17,19,21,24-25,31H,6-7,12-16H2,1-5H3/t19-,21-,24+,25-,27-,28+,29-/m1/s1. The van der Waals surface area contributed by atoms with E-state index in [9.17, 15) is 5.11 Å². The van der Waals surface area contributed by atoms with Crippen LogP contribution in [-0.2, 0) is 16.6 Å². The molecular formula is C29H39NO4. The lowest BCUT2D eigenvalue weighted by atomic mass is 9.36. The molecule has 1 aromatic carbocycles. The number of piperidine rings is 1. The van der Waals surface area contributed by atoms with Crippen LogP contribution in [0.5, 0.6) is 11.5 Å². The molecule has 2 heterocycles. The number of likely N-dealkylation sites (tertiary alicyclic amines) is 1. The summed E-state index contributed by atoms with van der Waals surface area (Å²) in [6.07, 6.45) is 9.98. The van der Waals surface area contributed by atoms with Crippen LogP contribution in [0.2, 0.25) is 0 Å². The zero-order valence-electron chi connectivity index (χ0n) is 21.3. The number of ether oxygens (including phenoxy) is 3. The number of methoxy groups -OCH3 is 2. The third kappa shape index (κ3) is 2.33. The topological polar surface area (TPSA) is 51.2 Å². The fraction of sp³-hybridized carbons (Fsp3) is 0.724. The molecule has 7 aliphatic rings. The monoisotopic (exact) mass is 465 g/mol.